The van der Waals surface area contributed by atoms with Crippen LogP contribution in [0.3, 0.4) is 0 Å². The third kappa shape index (κ3) is 4.83. The van der Waals surface area contributed by atoms with Gasteiger partial charge in [0.05, 0.1) is 25.6 Å². The summed E-state index contributed by atoms with van der Waals surface area (Å²) in [5.74, 6) is 1.47. The predicted molar refractivity (Wildman–Crippen MR) is 124 cm³/mol. The number of hydrogen-bond donors (Lipinski definition) is 0. The number of carbonyl (C=O) groups excluding carboxylic acids is 1. The largest absolute Gasteiger partial charge is 0.497 e. The first-order valence-electron chi connectivity index (χ1n) is 10.4. The lowest BCUT2D eigenvalue weighted by atomic mass is 9.95. The van der Waals surface area contributed by atoms with Crippen LogP contribution in [0.4, 0.5) is 0 Å². The number of rotatable bonds is 8. The number of benzene rings is 2. The normalized spacial score (nSPS) is 10.6. The van der Waals surface area contributed by atoms with Gasteiger partial charge in [0.1, 0.15) is 11.5 Å². The SMILES string of the molecule is COc1cccc(Cc2ncccc2C(=O)c2cccnc2Cc2cccc(OC)c2)c1. The average molecular weight is 425 g/mol. The van der Waals surface area contributed by atoms with Gasteiger partial charge in [-0.1, -0.05) is 24.3 Å². The molecule has 4 aromatic rings. The highest BCUT2D eigenvalue weighted by atomic mass is 16.5. The lowest BCUT2D eigenvalue weighted by Gasteiger charge is -2.12. The quantitative estimate of drug-likeness (QED) is 0.376. The summed E-state index contributed by atoms with van der Waals surface area (Å²) in [6, 6.07) is 22.8. The molecule has 0 spiro atoms. The van der Waals surface area contributed by atoms with Gasteiger partial charge in [-0.2, -0.15) is 0 Å². The summed E-state index contributed by atoms with van der Waals surface area (Å²) < 4.78 is 10.6. The van der Waals surface area contributed by atoms with Crippen molar-refractivity contribution in [2.75, 3.05) is 14.2 Å². The van der Waals surface area contributed by atoms with Crippen molar-refractivity contribution in [3.63, 3.8) is 0 Å². The number of hydrogen-bond acceptors (Lipinski definition) is 5. The van der Waals surface area contributed by atoms with Crippen LogP contribution in [-0.2, 0) is 12.8 Å². The third-order valence-electron chi connectivity index (χ3n) is 5.28. The van der Waals surface area contributed by atoms with Crippen molar-refractivity contribution in [3.05, 3.63) is 119 Å². The van der Waals surface area contributed by atoms with Crippen molar-refractivity contribution in [3.8, 4) is 11.5 Å². The second-order valence-corrected chi connectivity index (χ2v) is 7.38. The van der Waals surface area contributed by atoms with Crippen molar-refractivity contribution in [2.45, 2.75) is 12.8 Å². The molecule has 2 heterocycles. The minimum atomic E-state index is -0.0815. The van der Waals surface area contributed by atoms with E-state index in [9.17, 15) is 4.79 Å². The number of carbonyl (C=O) groups is 1. The van der Waals surface area contributed by atoms with E-state index in [4.69, 9.17) is 9.47 Å². The topological polar surface area (TPSA) is 61.3 Å². The van der Waals surface area contributed by atoms with Crippen LogP contribution in [0.15, 0.2) is 85.2 Å². The Morgan fingerprint density at radius 1 is 0.688 bits per heavy atom. The summed E-state index contributed by atoms with van der Waals surface area (Å²) in [6.07, 6.45) is 4.49. The van der Waals surface area contributed by atoms with Gasteiger partial charge < -0.3 is 9.47 Å². The van der Waals surface area contributed by atoms with E-state index in [-0.39, 0.29) is 5.78 Å². The Morgan fingerprint density at radius 3 is 1.59 bits per heavy atom. The Bertz CT molecular complexity index is 1140. The first-order chi connectivity index (χ1) is 15.7. The molecule has 5 heteroatoms. The van der Waals surface area contributed by atoms with Gasteiger partial charge in [-0.15, -0.1) is 0 Å². The molecule has 2 aromatic carbocycles. The summed E-state index contributed by atoms with van der Waals surface area (Å²) >= 11 is 0. The van der Waals surface area contributed by atoms with Crippen LogP contribution in [0.1, 0.15) is 38.4 Å². The Hall–Kier alpha value is -3.99. The van der Waals surface area contributed by atoms with Gasteiger partial charge in [-0.3, -0.25) is 14.8 Å². The average Bonchev–Trinajstić information content (AvgIpc) is 2.84. The molecule has 0 fully saturated rings. The second-order valence-electron chi connectivity index (χ2n) is 7.38. The zero-order chi connectivity index (χ0) is 22.3. The van der Waals surface area contributed by atoms with Gasteiger partial charge in [0.2, 0.25) is 0 Å². The maximum atomic E-state index is 13.6. The smallest absolute Gasteiger partial charge is 0.196 e. The Kier molecular flexibility index (Phi) is 6.56. The molecular weight excluding hydrogens is 400 g/mol. The fourth-order valence-electron chi connectivity index (χ4n) is 3.67. The van der Waals surface area contributed by atoms with Crippen LogP contribution in [-0.4, -0.2) is 30.0 Å². The Balaban J connectivity index is 1.65. The molecule has 0 unspecified atom stereocenters. The van der Waals surface area contributed by atoms with Gasteiger partial charge in [-0.25, -0.2) is 0 Å². The molecule has 4 rings (SSSR count). The Morgan fingerprint density at radius 2 is 1.16 bits per heavy atom. The molecule has 0 radical (unpaired) electrons. The zero-order valence-electron chi connectivity index (χ0n) is 18.1. The lowest BCUT2D eigenvalue weighted by molar-refractivity contribution is 0.103. The van der Waals surface area contributed by atoms with Crippen LogP contribution < -0.4 is 9.47 Å². The van der Waals surface area contributed by atoms with E-state index in [0.717, 1.165) is 34.0 Å². The molecule has 0 saturated heterocycles. The highest BCUT2D eigenvalue weighted by Crippen LogP contribution is 2.22. The van der Waals surface area contributed by atoms with Gasteiger partial charge in [-0.05, 0) is 59.7 Å². The zero-order valence-corrected chi connectivity index (χ0v) is 18.1. The van der Waals surface area contributed by atoms with Crippen molar-refractivity contribution in [1.82, 2.24) is 9.97 Å². The van der Waals surface area contributed by atoms with E-state index in [1.54, 1.807) is 38.7 Å². The second kappa shape index (κ2) is 9.88. The molecular formula is C27H24N2O3. The molecule has 32 heavy (non-hydrogen) atoms. The first kappa shape index (κ1) is 21.2. The van der Waals surface area contributed by atoms with Crippen molar-refractivity contribution in [1.29, 1.82) is 0 Å². The van der Waals surface area contributed by atoms with E-state index in [1.807, 2.05) is 60.7 Å². The molecule has 0 bridgehead atoms. The Labute approximate surface area is 187 Å². The lowest BCUT2D eigenvalue weighted by Crippen LogP contribution is -2.11. The highest BCUT2D eigenvalue weighted by molar-refractivity contribution is 6.10. The van der Waals surface area contributed by atoms with Crippen molar-refractivity contribution >= 4 is 5.78 Å². The summed E-state index contributed by atoms with van der Waals surface area (Å²) in [7, 11) is 3.28. The van der Waals surface area contributed by atoms with E-state index < -0.39 is 0 Å². The van der Waals surface area contributed by atoms with E-state index in [1.165, 1.54) is 0 Å². The molecule has 0 aliphatic heterocycles. The van der Waals surface area contributed by atoms with Crippen LogP contribution in [0.5, 0.6) is 11.5 Å². The third-order valence-corrected chi connectivity index (χ3v) is 5.28. The number of aromatic nitrogens is 2. The van der Waals surface area contributed by atoms with Crippen LogP contribution in [0, 0.1) is 0 Å². The summed E-state index contributed by atoms with van der Waals surface area (Å²) in [5, 5.41) is 0. The van der Waals surface area contributed by atoms with Gasteiger partial charge in [0, 0.05) is 36.4 Å². The molecule has 160 valence electrons. The number of ketones is 1. The molecule has 0 aliphatic carbocycles. The number of ether oxygens (including phenoxy) is 2. The molecule has 0 aliphatic rings. The molecule has 0 saturated carbocycles. The standard InChI is InChI=1S/C27H24N2O3/c1-31-21-9-3-7-19(15-21)17-25-23(11-5-13-28-25)27(30)24-12-6-14-29-26(24)18-20-8-4-10-22(16-20)32-2/h3-16H,17-18H2,1-2H3. The fourth-order valence-corrected chi connectivity index (χ4v) is 3.67. The predicted octanol–water partition coefficient (Wildman–Crippen LogP) is 4.91. The monoisotopic (exact) mass is 424 g/mol. The van der Waals surface area contributed by atoms with E-state index >= 15 is 0 Å². The highest BCUT2D eigenvalue weighted by Gasteiger charge is 2.19. The van der Waals surface area contributed by atoms with Crippen LogP contribution >= 0.6 is 0 Å². The van der Waals surface area contributed by atoms with E-state index in [2.05, 4.69) is 9.97 Å². The van der Waals surface area contributed by atoms with Crippen LogP contribution in [0.2, 0.25) is 0 Å². The fraction of sp³-hybridized carbons (Fsp3) is 0.148. The maximum Gasteiger partial charge on any atom is 0.196 e. The van der Waals surface area contributed by atoms with Gasteiger partial charge in [0.25, 0.3) is 0 Å². The molecule has 2 aromatic heterocycles. The molecule has 0 amide bonds. The minimum absolute atomic E-state index is 0.0815. The molecule has 5 nitrogen and oxygen atoms in total. The minimum Gasteiger partial charge on any atom is -0.497 e. The number of nitrogens with zero attached hydrogens (tertiary/aromatic N) is 2. The van der Waals surface area contributed by atoms with Crippen molar-refractivity contribution < 1.29 is 14.3 Å². The van der Waals surface area contributed by atoms with Crippen molar-refractivity contribution in [2.24, 2.45) is 0 Å². The molecule has 0 N–H and O–H groups in total. The number of pyridine rings is 2. The molecule has 0 atom stereocenters. The first-order valence-corrected chi connectivity index (χ1v) is 10.4. The maximum absolute atomic E-state index is 13.6. The van der Waals surface area contributed by atoms with Gasteiger partial charge >= 0.3 is 0 Å². The summed E-state index contributed by atoms with van der Waals surface area (Å²) in [4.78, 5) is 22.6. The number of methoxy groups -OCH3 is 2. The van der Waals surface area contributed by atoms with E-state index in [0.29, 0.717) is 24.0 Å². The van der Waals surface area contributed by atoms with Crippen LogP contribution in [0.25, 0.3) is 0 Å². The summed E-state index contributed by atoms with van der Waals surface area (Å²) in [5.41, 5.74) is 4.66. The summed E-state index contributed by atoms with van der Waals surface area (Å²) in [6.45, 7) is 0. The van der Waals surface area contributed by atoms with Gasteiger partial charge in [0.15, 0.2) is 5.78 Å².